The molecule has 0 bridgehead atoms. The molecule has 1 aliphatic heterocycles. The van der Waals surface area contributed by atoms with E-state index in [2.05, 4.69) is 14.9 Å². The summed E-state index contributed by atoms with van der Waals surface area (Å²) in [6.07, 6.45) is 0.759. The van der Waals surface area contributed by atoms with Crippen molar-refractivity contribution in [2.45, 2.75) is 26.4 Å². The van der Waals surface area contributed by atoms with Crippen molar-refractivity contribution in [3.63, 3.8) is 0 Å². The number of nitrogens with zero attached hydrogens (tertiary/aromatic N) is 1. The first-order chi connectivity index (χ1) is 10.0. The quantitative estimate of drug-likeness (QED) is 0.742. The minimum atomic E-state index is -0.119. The lowest BCUT2D eigenvalue weighted by molar-refractivity contribution is 0.238. The van der Waals surface area contributed by atoms with Gasteiger partial charge in [0.25, 0.3) is 5.56 Å². The molecule has 0 atom stereocenters. The smallest absolute Gasteiger partial charge is 0.256 e. The normalized spacial score (nSPS) is 14.9. The number of fused-ring (bicyclic) bond motifs is 1. The number of aromatic hydroxyl groups is 1. The summed E-state index contributed by atoms with van der Waals surface area (Å²) in [6, 6.07) is 5.74. The first-order valence-electron chi connectivity index (χ1n) is 6.89. The Labute approximate surface area is 127 Å². The SMILES string of the molecule is Cc1cccc(CN2CCc3[nH]c(=S)[nH]c(=O)c3C2)c1O. The van der Waals surface area contributed by atoms with E-state index in [0.717, 1.165) is 35.3 Å². The molecule has 21 heavy (non-hydrogen) atoms. The molecule has 1 aromatic carbocycles. The summed E-state index contributed by atoms with van der Waals surface area (Å²) in [7, 11) is 0. The number of aromatic amines is 2. The highest BCUT2D eigenvalue weighted by Crippen LogP contribution is 2.24. The van der Waals surface area contributed by atoms with Gasteiger partial charge in [0.05, 0.1) is 5.56 Å². The number of aromatic nitrogens is 2. The molecule has 0 radical (unpaired) electrons. The molecule has 1 aromatic heterocycles. The number of para-hydroxylation sites is 1. The minimum absolute atomic E-state index is 0.119. The molecule has 110 valence electrons. The lowest BCUT2D eigenvalue weighted by Crippen LogP contribution is -2.35. The predicted molar refractivity (Wildman–Crippen MR) is 82.9 cm³/mol. The number of H-pyrrole nitrogens is 2. The standard InChI is InChI=1S/C15H17N3O2S/c1-9-3-2-4-10(13(9)19)7-18-6-5-12-11(8-18)14(20)17-15(21)16-12/h2-4,19H,5-8H2,1H3,(H2,16,17,20,21). The van der Waals surface area contributed by atoms with Crippen LogP contribution in [-0.2, 0) is 19.5 Å². The third-order valence-corrected chi connectivity index (χ3v) is 4.11. The van der Waals surface area contributed by atoms with Gasteiger partial charge in [-0.1, -0.05) is 18.2 Å². The molecule has 1 aliphatic rings. The molecule has 0 amide bonds. The van der Waals surface area contributed by atoms with Gasteiger partial charge in [-0.15, -0.1) is 0 Å². The van der Waals surface area contributed by atoms with Crippen LogP contribution in [0.4, 0.5) is 0 Å². The highest BCUT2D eigenvalue weighted by Gasteiger charge is 2.20. The molecular formula is C15H17N3O2S. The Hall–Kier alpha value is -1.92. The Morgan fingerprint density at radius 3 is 3.00 bits per heavy atom. The summed E-state index contributed by atoms with van der Waals surface area (Å²) in [4.78, 5) is 19.8. The van der Waals surface area contributed by atoms with Crippen molar-refractivity contribution in [1.29, 1.82) is 0 Å². The van der Waals surface area contributed by atoms with Gasteiger partial charge in [-0.25, -0.2) is 0 Å². The number of aryl methyl sites for hydroxylation is 1. The van der Waals surface area contributed by atoms with E-state index in [1.54, 1.807) is 0 Å². The zero-order valence-corrected chi connectivity index (χ0v) is 12.6. The van der Waals surface area contributed by atoms with E-state index in [0.29, 0.717) is 23.6 Å². The largest absolute Gasteiger partial charge is 0.507 e. The lowest BCUT2D eigenvalue weighted by atomic mass is 10.0. The fourth-order valence-corrected chi connectivity index (χ4v) is 2.95. The maximum Gasteiger partial charge on any atom is 0.256 e. The Morgan fingerprint density at radius 1 is 1.38 bits per heavy atom. The Bertz CT molecular complexity index is 794. The van der Waals surface area contributed by atoms with Crippen LogP contribution in [0.2, 0.25) is 0 Å². The highest BCUT2D eigenvalue weighted by molar-refractivity contribution is 7.71. The van der Waals surface area contributed by atoms with Crippen molar-refractivity contribution >= 4 is 12.2 Å². The minimum Gasteiger partial charge on any atom is -0.507 e. The zero-order valence-electron chi connectivity index (χ0n) is 11.8. The molecule has 6 heteroatoms. The summed E-state index contributed by atoms with van der Waals surface area (Å²) >= 11 is 4.99. The molecule has 3 rings (SSSR count). The van der Waals surface area contributed by atoms with Crippen molar-refractivity contribution in [3.8, 4) is 5.75 Å². The van der Waals surface area contributed by atoms with E-state index in [-0.39, 0.29) is 5.56 Å². The van der Waals surface area contributed by atoms with Crippen LogP contribution in [0.15, 0.2) is 23.0 Å². The van der Waals surface area contributed by atoms with Gasteiger partial charge in [-0.05, 0) is 24.7 Å². The number of benzene rings is 1. The monoisotopic (exact) mass is 303 g/mol. The van der Waals surface area contributed by atoms with Gasteiger partial charge in [0, 0.05) is 37.3 Å². The molecule has 0 aliphatic carbocycles. The van der Waals surface area contributed by atoms with Gasteiger partial charge in [0.15, 0.2) is 4.77 Å². The van der Waals surface area contributed by atoms with Gasteiger partial charge in [0.2, 0.25) is 0 Å². The maximum absolute atomic E-state index is 12.0. The number of phenols is 1. The summed E-state index contributed by atoms with van der Waals surface area (Å²) in [5.74, 6) is 0.338. The van der Waals surface area contributed by atoms with Gasteiger partial charge in [-0.2, -0.15) is 0 Å². The van der Waals surface area contributed by atoms with Crippen LogP contribution in [0.25, 0.3) is 0 Å². The van der Waals surface area contributed by atoms with Crippen molar-refractivity contribution in [1.82, 2.24) is 14.9 Å². The second-order valence-electron chi connectivity index (χ2n) is 5.41. The van der Waals surface area contributed by atoms with Crippen LogP contribution in [0.5, 0.6) is 5.75 Å². The van der Waals surface area contributed by atoms with Crippen molar-refractivity contribution in [3.05, 3.63) is 55.7 Å². The molecule has 2 aromatic rings. The highest BCUT2D eigenvalue weighted by atomic mass is 32.1. The number of phenolic OH excluding ortho intramolecular Hbond substituents is 1. The van der Waals surface area contributed by atoms with Crippen LogP contribution < -0.4 is 5.56 Å². The molecule has 0 unspecified atom stereocenters. The van der Waals surface area contributed by atoms with Crippen molar-refractivity contribution in [2.24, 2.45) is 0 Å². The second-order valence-corrected chi connectivity index (χ2v) is 5.82. The molecule has 5 nitrogen and oxygen atoms in total. The molecular weight excluding hydrogens is 286 g/mol. The first kappa shape index (κ1) is 14.0. The average Bonchev–Trinajstić information content (AvgIpc) is 2.44. The average molecular weight is 303 g/mol. The van der Waals surface area contributed by atoms with Crippen LogP contribution >= 0.6 is 12.2 Å². The first-order valence-corrected chi connectivity index (χ1v) is 7.29. The van der Waals surface area contributed by atoms with Gasteiger partial charge >= 0.3 is 0 Å². The van der Waals surface area contributed by atoms with E-state index in [1.165, 1.54) is 0 Å². The molecule has 3 N–H and O–H groups in total. The number of nitrogens with one attached hydrogen (secondary N) is 2. The predicted octanol–water partition coefficient (Wildman–Crippen LogP) is 2.00. The molecule has 0 saturated carbocycles. The Balaban J connectivity index is 1.85. The van der Waals surface area contributed by atoms with Gasteiger partial charge in [0.1, 0.15) is 5.75 Å². The Morgan fingerprint density at radius 2 is 2.19 bits per heavy atom. The molecule has 0 saturated heterocycles. The van der Waals surface area contributed by atoms with E-state index in [4.69, 9.17) is 12.2 Å². The third kappa shape index (κ3) is 2.77. The molecule has 2 heterocycles. The lowest BCUT2D eigenvalue weighted by Gasteiger charge is -2.28. The number of hydrogen-bond donors (Lipinski definition) is 3. The maximum atomic E-state index is 12.0. The van der Waals surface area contributed by atoms with E-state index >= 15 is 0 Å². The van der Waals surface area contributed by atoms with Gasteiger partial charge in [-0.3, -0.25) is 14.7 Å². The fraction of sp³-hybridized carbons (Fsp3) is 0.333. The van der Waals surface area contributed by atoms with Crippen molar-refractivity contribution in [2.75, 3.05) is 6.54 Å². The third-order valence-electron chi connectivity index (χ3n) is 3.90. The van der Waals surface area contributed by atoms with Crippen LogP contribution in [0.3, 0.4) is 0 Å². The van der Waals surface area contributed by atoms with E-state index in [1.807, 2.05) is 25.1 Å². The number of hydrogen-bond acceptors (Lipinski definition) is 4. The molecule has 0 spiro atoms. The van der Waals surface area contributed by atoms with Crippen LogP contribution in [-0.4, -0.2) is 26.5 Å². The Kier molecular flexibility index (Phi) is 3.65. The molecule has 0 fully saturated rings. The van der Waals surface area contributed by atoms with E-state index in [9.17, 15) is 9.90 Å². The van der Waals surface area contributed by atoms with Crippen molar-refractivity contribution < 1.29 is 5.11 Å². The van der Waals surface area contributed by atoms with E-state index < -0.39 is 0 Å². The van der Waals surface area contributed by atoms with Crippen LogP contribution in [0.1, 0.15) is 22.4 Å². The number of rotatable bonds is 2. The zero-order chi connectivity index (χ0) is 15.0. The summed E-state index contributed by atoms with van der Waals surface area (Å²) in [5.41, 5.74) is 3.30. The topological polar surface area (TPSA) is 72.1 Å². The second kappa shape index (κ2) is 5.46. The summed E-state index contributed by atoms with van der Waals surface area (Å²) in [6.45, 7) is 3.90. The fourth-order valence-electron chi connectivity index (χ4n) is 2.74. The van der Waals surface area contributed by atoms with Crippen LogP contribution in [0, 0.1) is 11.7 Å². The summed E-state index contributed by atoms with van der Waals surface area (Å²) in [5, 5.41) is 10.1. The summed E-state index contributed by atoms with van der Waals surface area (Å²) < 4.78 is 0.378. The van der Waals surface area contributed by atoms with Gasteiger partial charge < -0.3 is 10.1 Å².